The molecule has 2 saturated carbocycles. The van der Waals surface area contributed by atoms with Crippen LogP contribution in [0.5, 0.6) is 0 Å². The van der Waals surface area contributed by atoms with Gasteiger partial charge in [-0.15, -0.1) is 0 Å². The van der Waals surface area contributed by atoms with Crippen LogP contribution in [0.3, 0.4) is 0 Å². The third kappa shape index (κ3) is 2.11. The molecule has 3 heteroatoms. The number of hydrogen-bond donors (Lipinski definition) is 2. The molecule has 92 valence electrons. The molecule has 2 nitrogen and oxygen atoms in total. The molecule has 17 heavy (non-hydrogen) atoms. The van der Waals surface area contributed by atoms with E-state index >= 15 is 0 Å². The van der Waals surface area contributed by atoms with E-state index in [1.807, 2.05) is 18.2 Å². The maximum Gasteiger partial charge on any atom is 0.0763 e. The Kier molecular flexibility index (Phi) is 2.91. The molecule has 2 fully saturated rings. The van der Waals surface area contributed by atoms with Gasteiger partial charge >= 0.3 is 0 Å². The highest BCUT2D eigenvalue weighted by atomic mass is 35.5. The molecule has 3 N–H and O–H groups in total. The number of nitrogens with two attached hydrogens (primary N) is 1. The van der Waals surface area contributed by atoms with Crippen molar-refractivity contribution in [3.8, 4) is 0 Å². The lowest BCUT2D eigenvalue weighted by Crippen LogP contribution is -2.20. The van der Waals surface area contributed by atoms with Crippen LogP contribution in [0.25, 0.3) is 0 Å². The first-order valence-corrected chi connectivity index (χ1v) is 6.89. The number of rotatable bonds is 3. The second kappa shape index (κ2) is 4.41. The van der Waals surface area contributed by atoms with Gasteiger partial charge in [-0.3, -0.25) is 0 Å². The van der Waals surface area contributed by atoms with Gasteiger partial charge in [0.15, 0.2) is 0 Å². The van der Waals surface area contributed by atoms with Gasteiger partial charge in [0.05, 0.1) is 16.4 Å². The van der Waals surface area contributed by atoms with E-state index in [-0.39, 0.29) is 0 Å². The third-order valence-corrected chi connectivity index (χ3v) is 4.79. The maximum absolute atomic E-state index is 6.15. The average Bonchev–Trinajstić information content (AvgIpc) is 2.90. The molecule has 1 aromatic carbocycles. The van der Waals surface area contributed by atoms with Crippen molar-refractivity contribution >= 4 is 23.0 Å². The van der Waals surface area contributed by atoms with Crippen LogP contribution in [0.2, 0.25) is 5.02 Å². The van der Waals surface area contributed by atoms with Gasteiger partial charge in [-0.25, -0.2) is 0 Å². The lowest BCUT2D eigenvalue weighted by molar-refractivity contribution is 0.348. The lowest BCUT2D eigenvalue weighted by atomic mass is 9.89. The standard InChI is InChI=1S/C14H19ClN2/c15-12-2-1-3-13(16)14(12)17-8-11-7-9-4-5-10(11)6-9/h1-3,9-11,17H,4-8,16H2. The fourth-order valence-electron chi connectivity index (χ4n) is 3.59. The second-order valence-corrected chi connectivity index (χ2v) is 5.93. The van der Waals surface area contributed by atoms with Crippen molar-refractivity contribution in [1.82, 2.24) is 0 Å². The highest BCUT2D eigenvalue weighted by Crippen LogP contribution is 2.48. The van der Waals surface area contributed by atoms with E-state index in [1.54, 1.807) is 0 Å². The minimum atomic E-state index is 0.730. The molecule has 0 aromatic heterocycles. The molecule has 2 bridgehead atoms. The average molecular weight is 251 g/mol. The number of nitrogens with one attached hydrogen (secondary N) is 1. The van der Waals surface area contributed by atoms with Crippen LogP contribution >= 0.6 is 11.6 Å². The van der Waals surface area contributed by atoms with Gasteiger partial charge in [-0.05, 0) is 49.1 Å². The summed E-state index contributed by atoms with van der Waals surface area (Å²) in [6.07, 6.45) is 5.72. The molecule has 0 heterocycles. The summed E-state index contributed by atoms with van der Waals surface area (Å²) in [4.78, 5) is 0. The van der Waals surface area contributed by atoms with Gasteiger partial charge in [0.2, 0.25) is 0 Å². The molecule has 0 spiro atoms. The van der Waals surface area contributed by atoms with Crippen molar-refractivity contribution in [2.45, 2.75) is 25.7 Å². The van der Waals surface area contributed by atoms with Crippen molar-refractivity contribution in [3.63, 3.8) is 0 Å². The van der Waals surface area contributed by atoms with E-state index in [4.69, 9.17) is 17.3 Å². The van der Waals surface area contributed by atoms with Crippen molar-refractivity contribution < 1.29 is 0 Å². The van der Waals surface area contributed by atoms with Gasteiger partial charge in [-0.2, -0.15) is 0 Å². The monoisotopic (exact) mass is 250 g/mol. The molecule has 1 aromatic rings. The Morgan fingerprint density at radius 1 is 1.29 bits per heavy atom. The van der Waals surface area contributed by atoms with E-state index in [0.29, 0.717) is 0 Å². The highest BCUT2D eigenvalue weighted by Gasteiger charge is 2.39. The molecule has 0 radical (unpaired) electrons. The van der Waals surface area contributed by atoms with Crippen molar-refractivity contribution in [2.75, 3.05) is 17.6 Å². The Labute approximate surface area is 108 Å². The molecule has 0 amide bonds. The van der Waals surface area contributed by atoms with E-state index in [9.17, 15) is 0 Å². The number of hydrogen-bond acceptors (Lipinski definition) is 2. The van der Waals surface area contributed by atoms with E-state index in [0.717, 1.165) is 40.7 Å². The summed E-state index contributed by atoms with van der Waals surface area (Å²) < 4.78 is 0. The molecular formula is C14H19ClN2. The first-order chi connectivity index (χ1) is 8.24. The molecule has 3 unspecified atom stereocenters. The first-order valence-electron chi connectivity index (χ1n) is 6.52. The number of benzene rings is 1. The summed E-state index contributed by atoms with van der Waals surface area (Å²) >= 11 is 6.15. The number of anilines is 2. The van der Waals surface area contributed by atoms with Crippen LogP contribution in [0.4, 0.5) is 11.4 Å². The summed E-state index contributed by atoms with van der Waals surface area (Å²) in [5, 5.41) is 4.18. The molecule has 3 rings (SSSR count). The summed E-state index contributed by atoms with van der Waals surface area (Å²) in [5.74, 6) is 2.76. The van der Waals surface area contributed by atoms with Gasteiger partial charge in [0.1, 0.15) is 0 Å². The smallest absolute Gasteiger partial charge is 0.0763 e. The van der Waals surface area contributed by atoms with E-state index < -0.39 is 0 Å². The summed E-state index contributed by atoms with van der Waals surface area (Å²) in [5.41, 5.74) is 7.60. The van der Waals surface area contributed by atoms with Crippen LogP contribution in [0, 0.1) is 17.8 Å². The van der Waals surface area contributed by atoms with Crippen LogP contribution in [0.1, 0.15) is 25.7 Å². The number of nitrogen functional groups attached to an aromatic ring is 1. The van der Waals surface area contributed by atoms with Crippen LogP contribution in [0.15, 0.2) is 18.2 Å². The minimum Gasteiger partial charge on any atom is -0.397 e. The van der Waals surface area contributed by atoms with Crippen molar-refractivity contribution in [1.29, 1.82) is 0 Å². The Morgan fingerprint density at radius 3 is 2.82 bits per heavy atom. The molecule has 0 saturated heterocycles. The zero-order valence-corrected chi connectivity index (χ0v) is 10.7. The molecule has 0 aliphatic heterocycles. The number of fused-ring (bicyclic) bond motifs is 2. The van der Waals surface area contributed by atoms with Crippen LogP contribution in [-0.2, 0) is 0 Å². The predicted octanol–water partition coefficient (Wildman–Crippen LogP) is 3.77. The normalized spacial score (nSPS) is 30.8. The number of para-hydroxylation sites is 1. The lowest BCUT2D eigenvalue weighted by Gasteiger charge is -2.23. The summed E-state index contributed by atoms with van der Waals surface area (Å²) in [6.45, 7) is 1.02. The van der Waals surface area contributed by atoms with Crippen molar-refractivity contribution in [3.05, 3.63) is 23.2 Å². The Hall–Kier alpha value is -0.890. The minimum absolute atomic E-state index is 0.730. The maximum atomic E-state index is 6.15. The van der Waals surface area contributed by atoms with E-state index in [1.165, 1.54) is 25.7 Å². The predicted molar refractivity (Wildman–Crippen MR) is 73.3 cm³/mol. The van der Waals surface area contributed by atoms with Gasteiger partial charge in [0, 0.05) is 6.54 Å². The van der Waals surface area contributed by atoms with Gasteiger partial charge in [0.25, 0.3) is 0 Å². The topological polar surface area (TPSA) is 38.0 Å². The zero-order chi connectivity index (χ0) is 11.8. The largest absolute Gasteiger partial charge is 0.397 e. The molecular weight excluding hydrogens is 232 g/mol. The van der Waals surface area contributed by atoms with E-state index in [2.05, 4.69) is 5.32 Å². The molecule has 3 atom stereocenters. The van der Waals surface area contributed by atoms with Crippen molar-refractivity contribution in [2.24, 2.45) is 17.8 Å². The Morgan fingerprint density at radius 2 is 2.18 bits per heavy atom. The Balaban J connectivity index is 1.64. The molecule has 2 aliphatic carbocycles. The highest BCUT2D eigenvalue weighted by molar-refractivity contribution is 6.33. The molecule has 2 aliphatic rings. The Bertz CT molecular complexity index is 398. The second-order valence-electron chi connectivity index (χ2n) is 5.52. The number of halogens is 1. The zero-order valence-electron chi connectivity index (χ0n) is 9.95. The summed E-state index contributed by atoms with van der Waals surface area (Å²) in [7, 11) is 0. The fourth-order valence-corrected chi connectivity index (χ4v) is 3.84. The fraction of sp³-hybridized carbons (Fsp3) is 0.571. The first kappa shape index (κ1) is 11.2. The van der Waals surface area contributed by atoms with Crippen LogP contribution in [-0.4, -0.2) is 6.54 Å². The third-order valence-electron chi connectivity index (χ3n) is 4.47. The van der Waals surface area contributed by atoms with Gasteiger partial charge in [-0.1, -0.05) is 24.1 Å². The van der Waals surface area contributed by atoms with Gasteiger partial charge < -0.3 is 11.1 Å². The van der Waals surface area contributed by atoms with Crippen LogP contribution < -0.4 is 11.1 Å². The quantitative estimate of drug-likeness (QED) is 0.802. The summed E-state index contributed by atoms with van der Waals surface area (Å²) in [6, 6.07) is 5.68. The SMILES string of the molecule is Nc1cccc(Cl)c1NCC1CC2CCC1C2.